The Morgan fingerprint density at radius 1 is 1.16 bits per heavy atom. The molecule has 0 aliphatic carbocycles. The lowest BCUT2D eigenvalue weighted by Crippen LogP contribution is -2.40. The summed E-state index contributed by atoms with van der Waals surface area (Å²) in [5, 5.41) is 13.0. The normalized spacial score (nSPS) is 15.2. The third kappa shape index (κ3) is 4.64. The number of nitrogens with two attached hydrogens (primary N) is 1. The molecule has 10 heteroatoms. The zero-order chi connectivity index (χ0) is 26.9. The molecule has 1 aromatic heterocycles. The van der Waals surface area contributed by atoms with Gasteiger partial charge in [-0.05, 0) is 43.2 Å². The third-order valence-corrected chi connectivity index (χ3v) is 7.15. The second-order valence-electron chi connectivity index (χ2n) is 8.38. The van der Waals surface area contributed by atoms with Gasteiger partial charge in [0.25, 0.3) is 11.5 Å². The van der Waals surface area contributed by atoms with Crippen molar-refractivity contribution >= 4 is 46.4 Å². The molecule has 2 heterocycles. The Kier molecular flexibility index (Phi) is 7.00. The Bertz CT molecular complexity index is 1670. The predicted octanol–water partition coefficient (Wildman–Crippen LogP) is 1.73. The van der Waals surface area contributed by atoms with Crippen molar-refractivity contribution in [2.24, 2.45) is 5.73 Å². The predicted molar refractivity (Wildman–Crippen MR) is 141 cm³/mol. The Labute approximate surface area is 216 Å². The van der Waals surface area contributed by atoms with E-state index in [0.717, 1.165) is 33.1 Å². The van der Waals surface area contributed by atoms with Crippen LogP contribution in [0.25, 0.3) is 17.5 Å². The minimum Gasteiger partial charge on any atom is -0.497 e. The fraction of sp³-hybridized carbons (Fsp3) is 0.185. The van der Waals surface area contributed by atoms with E-state index in [-0.39, 0.29) is 26.2 Å². The van der Waals surface area contributed by atoms with Gasteiger partial charge in [-0.1, -0.05) is 29.8 Å². The van der Waals surface area contributed by atoms with E-state index in [1.807, 2.05) is 26.0 Å². The molecule has 3 N–H and O–H groups in total. The molecule has 9 nitrogen and oxygen atoms in total. The molecule has 0 saturated carbocycles. The molecule has 0 radical (unpaired) electrons. The molecule has 0 unspecified atom stereocenters. The second kappa shape index (κ2) is 10.2. The quantitative estimate of drug-likeness (QED) is 0.493. The molecule has 37 heavy (non-hydrogen) atoms. The standard InChI is InChI=1S/C27H24N4O5S/c1-14-5-10-19(15(2)11-14)30-25(33)23-22(16-6-8-17(35-3)9-7-16)18(13-28)24(29)31-26(34)20(37-27(23)31)12-21(32)36-4/h5-12,22H,29H2,1-4H3,(H,30,33)/b20-12-/t22-/m0/s1. The molecular formula is C27H24N4O5S. The first kappa shape index (κ1) is 25.5. The summed E-state index contributed by atoms with van der Waals surface area (Å²) in [6.45, 7) is 3.82. The van der Waals surface area contributed by atoms with E-state index in [1.54, 1.807) is 30.3 Å². The summed E-state index contributed by atoms with van der Waals surface area (Å²) in [6, 6.07) is 14.6. The fourth-order valence-corrected chi connectivity index (χ4v) is 5.34. The first-order valence-corrected chi connectivity index (χ1v) is 12.0. The topological polar surface area (TPSA) is 136 Å². The van der Waals surface area contributed by atoms with Gasteiger partial charge in [0.1, 0.15) is 20.8 Å². The number of carbonyl (C=O) groups is 2. The van der Waals surface area contributed by atoms with Crippen molar-refractivity contribution in [2.75, 3.05) is 19.5 Å². The number of anilines is 1. The lowest BCUT2D eigenvalue weighted by atomic mass is 9.83. The van der Waals surface area contributed by atoms with Crippen LogP contribution in [0.2, 0.25) is 0 Å². The number of aromatic nitrogens is 1. The van der Waals surface area contributed by atoms with Gasteiger partial charge in [0.05, 0.1) is 37.4 Å². The minimum absolute atomic E-state index is 0.0225. The number of ether oxygens (including phenoxy) is 2. The van der Waals surface area contributed by atoms with Gasteiger partial charge in [0.15, 0.2) is 0 Å². The highest BCUT2D eigenvalue weighted by atomic mass is 32.1. The molecule has 1 atom stereocenters. The number of carbonyl (C=O) groups excluding carboxylic acids is 2. The largest absolute Gasteiger partial charge is 0.497 e. The monoisotopic (exact) mass is 516 g/mol. The molecule has 4 rings (SSSR count). The molecule has 2 aromatic carbocycles. The van der Waals surface area contributed by atoms with E-state index in [2.05, 4.69) is 16.1 Å². The van der Waals surface area contributed by atoms with Crippen LogP contribution in [-0.4, -0.2) is 30.7 Å². The number of nitrogens with zero attached hydrogens (tertiary/aromatic N) is 2. The number of amides is 1. The summed E-state index contributed by atoms with van der Waals surface area (Å²) in [5.41, 5.74) is 8.99. The molecule has 1 amide bonds. The molecular weight excluding hydrogens is 492 g/mol. The maximum Gasteiger partial charge on any atom is 0.332 e. The van der Waals surface area contributed by atoms with Crippen molar-refractivity contribution in [2.45, 2.75) is 19.8 Å². The van der Waals surface area contributed by atoms with Crippen LogP contribution in [0, 0.1) is 25.2 Å². The lowest BCUT2D eigenvalue weighted by molar-refractivity contribution is -0.133. The van der Waals surface area contributed by atoms with E-state index in [0.29, 0.717) is 17.0 Å². The van der Waals surface area contributed by atoms with Gasteiger partial charge in [0, 0.05) is 11.8 Å². The number of thiazole rings is 1. The number of nitrogens with one attached hydrogen (secondary N) is 1. The summed E-state index contributed by atoms with van der Waals surface area (Å²) in [6.07, 6.45) is 1.04. The van der Waals surface area contributed by atoms with Crippen LogP contribution in [-0.2, 0) is 14.3 Å². The summed E-state index contributed by atoms with van der Waals surface area (Å²) in [5.74, 6) is -1.61. The molecule has 0 spiro atoms. The van der Waals surface area contributed by atoms with E-state index in [9.17, 15) is 19.6 Å². The number of aryl methyl sites for hydroxylation is 2. The zero-order valence-electron chi connectivity index (χ0n) is 20.6. The van der Waals surface area contributed by atoms with Crippen molar-refractivity contribution in [1.82, 2.24) is 4.57 Å². The Morgan fingerprint density at radius 2 is 1.86 bits per heavy atom. The summed E-state index contributed by atoms with van der Waals surface area (Å²) in [7, 11) is 2.73. The summed E-state index contributed by atoms with van der Waals surface area (Å²) < 4.78 is 11.3. The number of esters is 1. The van der Waals surface area contributed by atoms with Crippen LogP contribution in [0.4, 0.5) is 5.69 Å². The fourth-order valence-electron chi connectivity index (χ4n) is 4.21. The van der Waals surface area contributed by atoms with E-state index in [1.165, 1.54) is 14.2 Å². The number of nitriles is 1. The maximum absolute atomic E-state index is 13.9. The van der Waals surface area contributed by atoms with Crippen LogP contribution >= 0.6 is 11.3 Å². The molecule has 0 bridgehead atoms. The van der Waals surface area contributed by atoms with Gasteiger partial charge < -0.3 is 20.5 Å². The van der Waals surface area contributed by atoms with Crippen molar-refractivity contribution in [1.29, 1.82) is 5.26 Å². The number of hydrogen-bond donors (Lipinski definition) is 2. The first-order valence-electron chi connectivity index (χ1n) is 11.2. The Balaban J connectivity index is 2.04. The van der Waals surface area contributed by atoms with E-state index in [4.69, 9.17) is 10.5 Å². The van der Waals surface area contributed by atoms with Gasteiger partial charge in [-0.25, -0.2) is 4.79 Å². The van der Waals surface area contributed by atoms with Gasteiger partial charge in [-0.2, -0.15) is 5.26 Å². The van der Waals surface area contributed by atoms with Gasteiger partial charge in [-0.3, -0.25) is 14.2 Å². The van der Waals surface area contributed by atoms with Gasteiger partial charge >= 0.3 is 5.97 Å². The summed E-state index contributed by atoms with van der Waals surface area (Å²) in [4.78, 5) is 39.0. The molecule has 0 fully saturated rings. The van der Waals surface area contributed by atoms with Crippen molar-refractivity contribution in [3.63, 3.8) is 0 Å². The highest BCUT2D eigenvalue weighted by Crippen LogP contribution is 2.37. The van der Waals surface area contributed by atoms with Gasteiger partial charge in [-0.15, -0.1) is 11.3 Å². The number of hydrogen-bond acceptors (Lipinski definition) is 8. The van der Waals surface area contributed by atoms with Crippen molar-refractivity contribution in [3.05, 3.63) is 84.3 Å². The lowest BCUT2D eigenvalue weighted by Gasteiger charge is -2.25. The average molecular weight is 517 g/mol. The van der Waals surface area contributed by atoms with Crippen LogP contribution in [0.3, 0.4) is 0 Å². The highest BCUT2D eigenvalue weighted by Gasteiger charge is 2.35. The second-order valence-corrected chi connectivity index (χ2v) is 9.41. The van der Waals surface area contributed by atoms with Crippen LogP contribution in [0.15, 0.2) is 52.8 Å². The maximum atomic E-state index is 13.9. The van der Waals surface area contributed by atoms with E-state index < -0.39 is 23.4 Å². The highest BCUT2D eigenvalue weighted by molar-refractivity contribution is 7.07. The molecule has 3 aromatic rings. The van der Waals surface area contributed by atoms with E-state index >= 15 is 0 Å². The van der Waals surface area contributed by atoms with Crippen molar-refractivity contribution < 1.29 is 19.1 Å². The smallest absolute Gasteiger partial charge is 0.332 e. The number of fused-ring (bicyclic) bond motifs is 1. The third-order valence-electron chi connectivity index (χ3n) is 6.04. The van der Waals surface area contributed by atoms with Crippen LogP contribution < -0.4 is 30.5 Å². The van der Waals surface area contributed by atoms with Crippen LogP contribution in [0.5, 0.6) is 5.75 Å². The first-order chi connectivity index (χ1) is 17.7. The number of methoxy groups -OCH3 is 2. The van der Waals surface area contributed by atoms with Crippen LogP contribution in [0.1, 0.15) is 22.6 Å². The minimum atomic E-state index is -0.870. The molecule has 1 aliphatic rings. The molecule has 0 saturated heterocycles. The number of allylic oxidation sites excluding steroid dienone is 1. The summed E-state index contributed by atoms with van der Waals surface area (Å²) >= 11 is 0.930. The number of benzene rings is 2. The SMILES string of the molecule is COC(=O)/C=c1\sc2n(c1=O)C(N)=C(C#N)[C@H](c1ccc(OC)cc1)C=2C(=O)Nc1ccc(C)cc1C. The Hall–Kier alpha value is -4.62. The van der Waals surface area contributed by atoms with Crippen molar-refractivity contribution in [3.8, 4) is 11.8 Å². The zero-order valence-corrected chi connectivity index (χ0v) is 21.4. The van der Waals surface area contributed by atoms with Gasteiger partial charge in [0.2, 0.25) is 0 Å². The molecule has 1 aliphatic heterocycles. The average Bonchev–Trinajstić information content (AvgIpc) is 3.20. The molecule has 188 valence electrons. The Morgan fingerprint density at radius 3 is 2.46 bits per heavy atom. The number of rotatable bonds is 5.